The van der Waals surface area contributed by atoms with Crippen LogP contribution in [0.2, 0.25) is 0 Å². The Labute approximate surface area is 344 Å². The third kappa shape index (κ3) is 8.42. The van der Waals surface area contributed by atoms with Crippen LogP contribution < -0.4 is 11.0 Å². The van der Waals surface area contributed by atoms with Crippen LogP contribution in [0.5, 0.6) is 0 Å². The molecule has 0 radical (unpaired) electrons. The quantitative estimate of drug-likeness (QED) is 0.170. The number of carbonyl (C=O) groups is 5. The smallest absolute Gasteiger partial charge is 0.336 e. The predicted molar refractivity (Wildman–Crippen MR) is 193 cm³/mol. The summed E-state index contributed by atoms with van der Waals surface area (Å²) in [6.07, 6.45) is -8.76. The van der Waals surface area contributed by atoms with E-state index >= 15 is 0 Å². The first-order valence-corrected chi connectivity index (χ1v) is 19.8. The molecule has 6 saturated heterocycles. The van der Waals surface area contributed by atoms with Gasteiger partial charge in [-0.2, -0.15) is 0 Å². The maximum absolute atomic E-state index is 13.7. The van der Waals surface area contributed by atoms with E-state index in [9.17, 15) is 24.0 Å². The van der Waals surface area contributed by atoms with Gasteiger partial charge in [0.15, 0.2) is 42.3 Å². The molecule has 1 aromatic carbocycles. The highest BCUT2D eigenvalue weighted by Gasteiger charge is 2.60. The van der Waals surface area contributed by atoms with Gasteiger partial charge in [-0.15, -0.1) is 5.06 Å². The SMILES string of the molecule is CC(C)(C)OC(=O)[C@H]1O[C@@H]2OC(C)(C)O[C@@H]2[C@@H]1CONC(=O)[C@H]1O[C@@H]2OC(C)(C)O[C@@H]2[C@@H]1CONC(=O)[C@H]1O[C@@H]2OC(C)(C)O[C@@H]2[C@@H]1CON1C(=O)c2ccccc2C1=O. The van der Waals surface area contributed by atoms with E-state index in [0.717, 1.165) is 0 Å². The second-order valence-corrected chi connectivity index (χ2v) is 17.9. The second-order valence-electron chi connectivity index (χ2n) is 17.9. The molecule has 8 rings (SSSR count). The molecule has 0 aliphatic carbocycles. The van der Waals surface area contributed by atoms with Gasteiger partial charge in [-0.05, 0) is 74.4 Å². The zero-order valence-corrected chi connectivity index (χ0v) is 34.7. The molecule has 7 heterocycles. The highest BCUT2D eigenvalue weighted by molar-refractivity contribution is 6.20. The van der Waals surface area contributed by atoms with Gasteiger partial charge < -0.3 is 47.4 Å². The van der Waals surface area contributed by atoms with Crippen LogP contribution in [0.3, 0.4) is 0 Å². The number of amides is 4. The summed E-state index contributed by atoms with van der Waals surface area (Å²) in [7, 11) is 0. The van der Waals surface area contributed by atoms with E-state index in [1.54, 1.807) is 74.4 Å². The Balaban J connectivity index is 0.896. The number of hydroxylamine groups is 4. The summed E-state index contributed by atoms with van der Waals surface area (Å²) in [5.41, 5.74) is 4.35. The molecule has 60 heavy (non-hydrogen) atoms. The number of ether oxygens (including phenoxy) is 10. The number of nitrogens with one attached hydrogen (secondary N) is 2. The van der Waals surface area contributed by atoms with Crippen molar-refractivity contribution in [3.8, 4) is 0 Å². The molecule has 0 unspecified atom stereocenters. The third-order valence-corrected chi connectivity index (χ3v) is 10.7. The van der Waals surface area contributed by atoms with E-state index in [-0.39, 0.29) is 30.9 Å². The Bertz CT molecular complexity index is 1850. The number of benzene rings is 1. The molecule has 1 aromatic rings. The lowest BCUT2D eigenvalue weighted by atomic mass is 9.98. The van der Waals surface area contributed by atoms with E-state index < -0.39 is 126 Å². The molecule has 0 spiro atoms. The van der Waals surface area contributed by atoms with Crippen molar-refractivity contribution in [1.82, 2.24) is 16.0 Å². The molecular formula is C39H51N3O18. The number of hydrogen-bond donors (Lipinski definition) is 2. The minimum atomic E-state index is -1.28. The van der Waals surface area contributed by atoms with Crippen LogP contribution in [0, 0.1) is 17.8 Å². The molecule has 12 atom stereocenters. The summed E-state index contributed by atoms with van der Waals surface area (Å²) in [6.45, 7) is 14.5. The molecule has 0 aromatic heterocycles. The molecule has 6 fully saturated rings. The third-order valence-electron chi connectivity index (χ3n) is 10.7. The predicted octanol–water partition coefficient (Wildman–Crippen LogP) is 1.13. The Morgan fingerprint density at radius 2 is 1.00 bits per heavy atom. The molecule has 0 bridgehead atoms. The van der Waals surface area contributed by atoms with Crippen LogP contribution in [0.15, 0.2) is 24.3 Å². The van der Waals surface area contributed by atoms with Gasteiger partial charge in [-0.1, -0.05) is 12.1 Å². The zero-order valence-electron chi connectivity index (χ0n) is 34.7. The first-order valence-electron chi connectivity index (χ1n) is 19.8. The standard InChI is InChI=1S/C39H51N3O18/c1-36(2,3)57-32(47)24-20(26-35(53-24)60-38(6,7)55-26)15-49-40-28(43)22-19(25-33(51-22)58-37(4,5)54-25)14-48-41-29(44)23-21(27-34(52-23)59-39(8,9)56-27)16-50-42-30(45)17-12-10-11-13-18(17)31(42)46/h10-13,19-27,33-35H,14-16H2,1-9H3,(H,40,43)(H,41,44)/t19-,20-,21-,22+,23+,24+,25-,26-,27-,33-,34-,35-/m1/s1. The lowest BCUT2D eigenvalue weighted by Crippen LogP contribution is -2.47. The van der Waals surface area contributed by atoms with Crippen molar-refractivity contribution >= 4 is 29.6 Å². The van der Waals surface area contributed by atoms with E-state index in [4.69, 9.17) is 61.9 Å². The average Bonchev–Trinajstić information content (AvgIpc) is 3.98. The molecule has 21 heteroatoms. The van der Waals surface area contributed by atoms with Gasteiger partial charge in [-0.3, -0.25) is 33.7 Å². The number of esters is 1. The van der Waals surface area contributed by atoms with Gasteiger partial charge in [0.05, 0.1) is 48.7 Å². The van der Waals surface area contributed by atoms with Crippen LogP contribution in [-0.4, -0.2) is 133 Å². The topological polar surface area (TPSA) is 233 Å². The van der Waals surface area contributed by atoms with Gasteiger partial charge in [0.2, 0.25) is 0 Å². The number of rotatable bonds is 12. The molecule has 7 aliphatic rings. The highest BCUT2D eigenvalue weighted by Crippen LogP contribution is 2.44. The van der Waals surface area contributed by atoms with Gasteiger partial charge >= 0.3 is 5.97 Å². The van der Waals surface area contributed by atoms with Crippen molar-refractivity contribution in [2.24, 2.45) is 17.8 Å². The van der Waals surface area contributed by atoms with Gasteiger partial charge in [0, 0.05) is 0 Å². The maximum Gasteiger partial charge on any atom is 0.336 e. The van der Waals surface area contributed by atoms with Gasteiger partial charge in [-0.25, -0.2) is 15.8 Å². The van der Waals surface area contributed by atoms with Gasteiger partial charge in [0.25, 0.3) is 23.6 Å². The normalized spacial score (nSPS) is 36.9. The summed E-state index contributed by atoms with van der Waals surface area (Å²) in [4.78, 5) is 83.5. The second kappa shape index (κ2) is 15.6. The molecule has 0 saturated carbocycles. The van der Waals surface area contributed by atoms with Crippen molar-refractivity contribution in [2.45, 2.75) is 141 Å². The summed E-state index contributed by atoms with van der Waals surface area (Å²) >= 11 is 0. The van der Waals surface area contributed by atoms with Crippen LogP contribution in [0.1, 0.15) is 83.0 Å². The average molecular weight is 850 g/mol. The Morgan fingerprint density at radius 3 is 1.42 bits per heavy atom. The molecule has 330 valence electrons. The van der Waals surface area contributed by atoms with Crippen molar-refractivity contribution in [3.05, 3.63) is 35.4 Å². The van der Waals surface area contributed by atoms with Crippen molar-refractivity contribution < 1.29 is 85.9 Å². The largest absolute Gasteiger partial charge is 0.458 e. The minimum Gasteiger partial charge on any atom is -0.458 e. The van der Waals surface area contributed by atoms with E-state index in [0.29, 0.717) is 5.06 Å². The summed E-state index contributed by atoms with van der Waals surface area (Å²) in [5.74, 6) is -8.94. The molecule has 21 nitrogen and oxygen atoms in total. The van der Waals surface area contributed by atoms with E-state index in [1.807, 2.05) is 0 Å². The lowest BCUT2D eigenvalue weighted by Gasteiger charge is -2.28. The molecular weight excluding hydrogens is 798 g/mol. The number of hydrogen-bond acceptors (Lipinski definition) is 18. The summed E-state index contributed by atoms with van der Waals surface area (Å²) in [5, 5.41) is 0.649. The fraction of sp³-hybridized carbons (Fsp3) is 0.718. The lowest BCUT2D eigenvalue weighted by molar-refractivity contribution is -0.223. The van der Waals surface area contributed by atoms with Crippen molar-refractivity contribution in [1.29, 1.82) is 0 Å². The Morgan fingerprint density at radius 1 is 0.617 bits per heavy atom. The molecule has 2 N–H and O–H groups in total. The van der Waals surface area contributed by atoms with Crippen LogP contribution in [-0.2, 0) is 76.3 Å². The minimum absolute atomic E-state index is 0.190. The molecule has 4 amide bonds. The van der Waals surface area contributed by atoms with Crippen LogP contribution in [0.4, 0.5) is 0 Å². The molecule has 7 aliphatic heterocycles. The fourth-order valence-corrected chi connectivity index (χ4v) is 8.34. The number of carbonyl (C=O) groups excluding carboxylic acids is 5. The number of fused-ring (bicyclic) bond motifs is 4. The first-order chi connectivity index (χ1) is 28.1. The van der Waals surface area contributed by atoms with E-state index in [2.05, 4.69) is 11.0 Å². The van der Waals surface area contributed by atoms with Crippen molar-refractivity contribution in [2.75, 3.05) is 19.8 Å². The zero-order chi connectivity index (χ0) is 43.1. The summed E-state index contributed by atoms with van der Waals surface area (Å²) in [6, 6.07) is 6.31. The number of imide groups is 1. The maximum atomic E-state index is 13.7. The van der Waals surface area contributed by atoms with Crippen LogP contribution in [0.25, 0.3) is 0 Å². The van der Waals surface area contributed by atoms with Crippen LogP contribution >= 0.6 is 0 Å². The number of nitrogens with zero attached hydrogens (tertiary/aromatic N) is 1. The Kier molecular flexibility index (Phi) is 11.2. The van der Waals surface area contributed by atoms with Crippen molar-refractivity contribution in [3.63, 3.8) is 0 Å². The highest BCUT2D eigenvalue weighted by atomic mass is 16.9. The monoisotopic (exact) mass is 849 g/mol. The van der Waals surface area contributed by atoms with E-state index in [1.165, 1.54) is 12.1 Å². The first kappa shape index (κ1) is 43.0. The fourth-order valence-electron chi connectivity index (χ4n) is 8.34. The summed E-state index contributed by atoms with van der Waals surface area (Å²) < 4.78 is 59.1. The Hall–Kier alpha value is -3.71. The van der Waals surface area contributed by atoms with Gasteiger partial charge in [0.1, 0.15) is 36.1 Å².